The van der Waals surface area contributed by atoms with Crippen LogP contribution in [-0.2, 0) is 11.3 Å². The van der Waals surface area contributed by atoms with Crippen molar-refractivity contribution < 1.29 is 9.53 Å². The second kappa shape index (κ2) is 5.49. The first kappa shape index (κ1) is 11.7. The van der Waals surface area contributed by atoms with E-state index in [0.29, 0.717) is 6.54 Å². The van der Waals surface area contributed by atoms with Crippen LogP contribution in [0.15, 0.2) is 24.3 Å². The van der Waals surface area contributed by atoms with Crippen molar-refractivity contribution in [3.05, 3.63) is 33.4 Å². The first-order valence-corrected chi connectivity index (χ1v) is 6.21. The van der Waals surface area contributed by atoms with Gasteiger partial charge in [-0.3, -0.25) is 0 Å². The minimum absolute atomic E-state index is 0.0386. The average Bonchev–Trinajstić information content (AvgIpc) is 2.23. The quantitative estimate of drug-likeness (QED) is 0.825. The molecule has 1 aromatic carbocycles. The second-order valence-corrected chi connectivity index (χ2v) is 4.91. The van der Waals surface area contributed by atoms with Gasteiger partial charge in [0.05, 0.1) is 0 Å². The van der Waals surface area contributed by atoms with Crippen LogP contribution in [0.25, 0.3) is 0 Å². The number of carbonyl (C=O) groups excluding carboxylic acids is 1. The molecule has 1 aromatic rings. The lowest BCUT2D eigenvalue weighted by Crippen LogP contribution is -2.50. The SMILES string of the molecule is O=C(NCc1ccc(I)cc1)OC1CNC1. The maximum Gasteiger partial charge on any atom is 0.407 e. The Bertz CT molecular complexity index is 363. The van der Waals surface area contributed by atoms with E-state index in [2.05, 4.69) is 33.2 Å². The standard InChI is InChI=1S/C11H13IN2O2/c12-9-3-1-8(2-4-9)5-14-11(15)16-10-6-13-7-10/h1-4,10,13H,5-7H2,(H,14,15). The van der Waals surface area contributed by atoms with E-state index in [1.165, 1.54) is 3.57 Å². The lowest BCUT2D eigenvalue weighted by atomic mass is 10.2. The van der Waals surface area contributed by atoms with Gasteiger partial charge >= 0.3 is 6.09 Å². The molecule has 0 spiro atoms. The number of nitrogens with one attached hydrogen (secondary N) is 2. The number of benzene rings is 1. The highest BCUT2D eigenvalue weighted by molar-refractivity contribution is 14.1. The Hall–Kier alpha value is -0.820. The van der Waals surface area contributed by atoms with Crippen LogP contribution in [0.5, 0.6) is 0 Å². The number of hydrogen-bond acceptors (Lipinski definition) is 3. The molecule has 0 unspecified atom stereocenters. The lowest BCUT2D eigenvalue weighted by Gasteiger charge is -2.26. The highest BCUT2D eigenvalue weighted by Crippen LogP contribution is 2.06. The van der Waals surface area contributed by atoms with E-state index in [1.807, 2.05) is 24.3 Å². The molecule has 0 radical (unpaired) electrons. The zero-order valence-corrected chi connectivity index (χ0v) is 10.9. The molecular weight excluding hydrogens is 319 g/mol. The molecule has 0 saturated carbocycles. The number of rotatable bonds is 3. The third-order valence-electron chi connectivity index (χ3n) is 2.37. The van der Waals surface area contributed by atoms with E-state index in [0.717, 1.165) is 18.7 Å². The van der Waals surface area contributed by atoms with Gasteiger partial charge in [-0.2, -0.15) is 0 Å². The van der Waals surface area contributed by atoms with Crippen molar-refractivity contribution in [3.63, 3.8) is 0 Å². The Kier molecular flexibility index (Phi) is 4.00. The third-order valence-corrected chi connectivity index (χ3v) is 3.09. The zero-order valence-electron chi connectivity index (χ0n) is 8.70. The van der Waals surface area contributed by atoms with Crippen LogP contribution >= 0.6 is 22.6 Å². The molecule has 1 heterocycles. The number of hydrogen-bond donors (Lipinski definition) is 2. The molecule has 1 aliphatic heterocycles. The first-order chi connectivity index (χ1) is 7.74. The summed E-state index contributed by atoms with van der Waals surface area (Å²) in [5, 5.41) is 5.77. The monoisotopic (exact) mass is 332 g/mol. The summed E-state index contributed by atoms with van der Waals surface area (Å²) in [6.07, 6.45) is -0.304. The van der Waals surface area contributed by atoms with Gasteiger partial charge in [-0.25, -0.2) is 4.79 Å². The summed E-state index contributed by atoms with van der Waals surface area (Å²) in [4.78, 5) is 11.3. The molecule has 1 fully saturated rings. The molecule has 0 aromatic heterocycles. The van der Waals surface area contributed by atoms with Crippen LogP contribution in [0, 0.1) is 3.57 Å². The van der Waals surface area contributed by atoms with Crippen molar-refractivity contribution in [1.82, 2.24) is 10.6 Å². The fourth-order valence-electron chi connectivity index (χ4n) is 1.32. The number of carbonyl (C=O) groups is 1. The molecule has 0 atom stereocenters. The Labute approximate surface area is 108 Å². The molecule has 2 rings (SSSR count). The molecular formula is C11H13IN2O2. The topological polar surface area (TPSA) is 50.4 Å². The van der Waals surface area contributed by atoms with Crippen molar-refractivity contribution >= 4 is 28.7 Å². The van der Waals surface area contributed by atoms with E-state index < -0.39 is 0 Å². The third kappa shape index (κ3) is 3.34. The van der Waals surface area contributed by atoms with Gasteiger partial charge in [-0.1, -0.05) is 12.1 Å². The van der Waals surface area contributed by atoms with Gasteiger partial charge < -0.3 is 15.4 Å². The normalized spacial score (nSPS) is 15.3. The van der Waals surface area contributed by atoms with E-state index in [-0.39, 0.29) is 12.2 Å². The van der Waals surface area contributed by atoms with Crippen LogP contribution in [-0.4, -0.2) is 25.3 Å². The summed E-state index contributed by atoms with van der Waals surface area (Å²) in [5.41, 5.74) is 1.07. The fourth-order valence-corrected chi connectivity index (χ4v) is 1.67. The average molecular weight is 332 g/mol. The fraction of sp³-hybridized carbons (Fsp3) is 0.364. The number of ether oxygens (including phenoxy) is 1. The summed E-state index contributed by atoms with van der Waals surface area (Å²) >= 11 is 2.25. The first-order valence-electron chi connectivity index (χ1n) is 5.14. The lowest BCUT2D eigenvalue weighted by molar-refractivity contribution is 0.0668. The zero-order chi connectivity index (χ0) is 11.4. The van der Waals surface area contributed by atoms with E-state index >= 15 is 0 Å². The van der Waals surface area contributed by atoms with Crippen LogP contribution in [0.4, 0.5) is 4.79 Å². The van der Waals surface area contributed by atoms with Gasteiger partial charge in [0.1, 0.15) is 6.10 Å². The summed E-state index contributed by atoms with van der Waals surface area (Å²) in [6, 6.07) is 8.01. The van der Waals surface area contributed by atoms with Gasteiger partial charge in [0.15, 0.2) is 0 Å². The van der Waals surface area contributed by atoms with Crippen LogP contribution in [0.3, 0.4) is 0 Å². The highest BCUT2D eigenvalue weighted by Gasteiger charge is 2.20. The van der Waals surface area contributed by atoms with Crippen molar-refractivity contribution in [1.29, 1.82) is 0 Å². The summed E-state index contributed by atoms with van der Waals surface area (Å²) in [5.74, 6) is 0. The van der Waals surface area contributed by atoms with Crippen LogP contribution < -0.4 is 10.6 Å². The Balaban J connectivity index is 1.73. The Morgan fingerprint density at radius 1 is 1.44 bits per heavy atom. The van der Waals surface area contributed by atoms with Gasteiger partial charge in [-0.15, -0.1) is 0 Å². The van der Waals surface area contributed by atoms with Crippen LogP contribution in [0.1, 0.15) is 5.56 Å². The number of halogens is 1. The number of amides is 1. The van der Waals surface area contributed by atoms with Crippen molar-refractivity contribution in [2.75, 3.05) is 13.1 Å². The summed E-state index contributed by atoms with van der Waals surface area (Å²) in [7, 11) is 0. The second-order valence-electron chi connectivity index (χ2n) is 3.67. The van der Waals surface area contributed by atoms with Crippen molar-refractivity contribution in [2.45, 2.75) is 12.6 Å². The van der Waals surface area contributed by atoms with Crippen molar-refractivity contribution in [2.24, 2.45) is 0 Å². The molecule has 4 nitrogen and oxygen atoms in total. The molecule has 86 valence electrons. The van der Waals surface area contributed by atoms with E-state index in [4.69, 9.17) is 4.74 Å². The largest absolute Gasteiger partial charge is 0.444 e. The Morgan fingerprint density at radius 2 is 2.12 bits per heavy atom. The van der Waals surface area contributed by atoms with E-state index in [9.17, 15) is 4.79 Å². The molecule has 1 aliphatic rings. The predicted molar refractivity (Wildman–Crippen MR) is 69.1 cm³/mol. The molecule has 1 amide bonds. The van der Waals surface area contributed by atoms with Gasteiger partial charge in [0.2, 0.25) is 0 Å². The highest BCUT2D eigenvalue weighted by atomic mass is 127. The molecule has 0 aliphatic carbocycles. The Morgan fingerprint density at radius 3 is 2.69 bits per heavy atom. The maximum atomic E-state index is 11.3. The van der Waals surface area contributed by atoms with Crippen molar-refractivity contribution in [3.8, 4) is 0 Å². The van der Waals surface area contributed by atoms with Gasteiger partial charge in [0, 0.05) is 23.2 Å². The molecule has 0 bridgehead atoms. The molecule has 1 saturated heterocycles. The predicted octanol–water partition coefficient (Wildman–Crippen LogP) is 1.49. The van der Waals surface area contributed by atoms with E-state index in [1.54, 1.807) is 0 Å². The summed E-state index contributed by atoms with van der Waals surface area (Å²) in [6.45, 7) is 2.03. The maximum absolute atomic E-state index is 11.3. The van der Waals surface area contributed by atoms with Crippen LogP contribution in [0.2, 0.25) is 0 Å². The van der Waals surface area contributed by atoms with Gasteiger partial charge in [0.25, 0.3) is 0 Å². The summed E-state index contributed by atoms with van der Waals surface area (Å²) < 4.78 is 6.30. The number of alkyl carbamates (subject to hydrolysis) is 1. The molecule has 2 N–H and O–H groups in total. The molecule has 16 heavy (non-hydrogen) atoms. The minimum atomic E-state index is -0.343. The van der Waals surface area contributed by atoms with Gasteiger partial charge in [-0.05, 0) is 40.3 Å². The smallest absolute Gasteiger partial charge is 0.407 e. The minimum Gasteiger partial charge on any atom is -0.444 e. The molecule has 5 heteroatoms.